The first kappa shape index (κ1) is 17.5. The number of ether oxygens (including phenoxy) is 1. The van der Waals surface area contributed by atoms with Crippen LogP contribution < -0.4 is 10.1 Å². The maximum Gasteiger partial charge on any atom is 0.323 e. The van der Waals surface area contributed by atoms with Crippen LogP contribution >= 0.6 is 0 Å². The number of nitrogens with one attached hydrogen (secondary N) is 1. The van der Waals surface area contributed by atoms with Crippen molar-refractivity contribution in [3.05, 3.63) is 29.3 Å². The van der Waals surface area contributed by atoms with E-state index in [2.05, 4.69) is 11.4 Å². The van der Waals surface area contributed by atoms with Crippen LogP contribution in [0.2, 0.25) is 0 Å². The van der Waals surface area contributed by atoms with E-state index in [1.54, 1.807) is 0 Å². The highest BCUT2D eigenvalue weighted by Crippen LogP contribution is 2.17. The Morgan fingerprint density at radius 3 is 2.24 bits per heavy atom. The molecule has 0 aliphatic rings. The Balaban J connectivity index is 2.39. The zero-order valence-corrected chi connectivity index (χ0v) is 13.5. The van der Waals surface area contributed by atoms with Gasteiger partial charge in [-0.1, -0.05) is 19.9 Å². The van der Waals surface area contributed by atoms with Crippen LogP contribution in [0, 0.1) is 13.8 Å². The predicted molar refractivity (Wildman–Crippen MR) is 85.0 cm³/mol. The van der Waals surface area contributed by atoms with Crippen molar-refractivity contribution in [1.82, 2.24) is 5.32 Å². The Kier molecular flexibility index (Phi) is 6.69. The number of carboxylic acid groups (broad SMARTS) is 1. The molecule has 0 aromatic heterocycles. The highest BCUT2D eigenvalue weighted by molar-refractivity contribution is 5.78. The average molecular weight is 293 g/mol. The van der Waals surface area contributed by atoms with Crippen molar-refractivity contribution < 1.29 is 14.6 Å². The number of benzene rings is 1. The molecule has 1 aromatic carbocycles. The molecule has 0 saturated carbocycles. The molecule has 21 heavy (non-hydrogen) atoms. The third kappa shape index (κ3) is 5.05. The average Bonchev–Trinajstić information content (AvgIpc) is 2.42. The Morgan fingerprint density at radius 1 is 1.19 bits per heavy atom. The first-order valence-corrected chi connectivity index (χ1v) is 7.63. The van der Waals surface area contributed by atoms with Crippen molar-refractivity contribution in [2.24, 2.45) is 0 Å². The summed E-state index contributed by atoms with van der Waals surface area (Å²) >= 11 is 0. The van der Waals surface area contributed by atoms with E-state index in [1.165, 1.54) is 11.1 Å². The standard InChI is InChI=1S/C17H27NO3/c1-5-17(6-2,16(19)20)18-8-7-9-21-15-11-13(3)10-14(4)12-15/h10-12,18H,5-9H2,1-4H3,(H,19,20). The summed E-state index contributed by atoms with van der Waals surface area (Å²) in [5.41, 5.74) is 1.56. The zero-order valence-electron chi connectivity index (χ0n) is 13.5. The van der Waals surface area contributed by atoms with Gasteiger partial charge in [-0.25, -0.2) is 0 Å². The molecule has 1 rings (SSSR count). The molecule has 0 fully saturated rings. The number of hydrogen-bond acceptors (Lipinski definition) is 3. The lowest BCUT2D eigenvalue weighted by molar-refractivity contribution is -0.145. The monoisotopic (exact) mass is 293 g/mol. The summed E-state index contributed by atoms with van der Waals surface area (Å²) in [5, 5.41) is 12.5. The summed E-state index contributed by atoms with van der Waals surface area (Å²) in [6.45, 7) is 9.11. The van der Waals surface area contributed by atoms with Crippen molar-refractivity contribution in [1.29, 1.82) is 0 Å². The number of carboxylic acids is 1. The molecule has 0 heterocycles. The minimum absolute atomic E-state index is 0.580. The highest BCUT2D eigenvalue weighted by Gasteiger charge is 2.33. The van der Waals surface area contributed by atoms with Crippen LogP contribution in [0.5, 0.6) is 5.75 Å². The fourth-order valence-corrected chi connectivity index (χ4v) is 2.48. The van der Waals surface area contributed by atoms with Crippen LogP contribution in [0.4, 0.5) is 0 Å². The predicted octanol–water partition coefficient (Wildman–Crippen LogP) is 3.31. The van der Waals surface area contributed by atoms with Crippen LogP contribution in [-0.2, 0) is 4.79 Å². The Morgan fingerprint density at radius 2 is 1.76 bits per heavy atom. The number of aliphatic carboxylic acids is 1. The minimum atomic E-state index is -0.806. The van der Waals surface area contributed by atoms with Crippen molar-refractivity contribution >= 4 is 5.97 Å². The van der Waals surface area contributed by atoms with Gasteiger partial charge in [-0.3, -0.25) is 4.79 Å². The highest BCUT2D eigenvalue weighted by atomic mass is 16.5. The van der Waals surface area contributed by atoms with E-state index in [4.69, 9.17) is 4.74 Å². The molecular formula is C17H27NO3. The fraction of sp³-hybridized carbons (Fsp3) is 0.588. The summed E-state index contributed by atoms with van der Waals surface area (Å²) in [7, 11) is 0. The van der Waals surface area contributed by atoms with E-state index in [-0.39, 0.29) is 0 Å². The number of aryl methyl sites for hydroxylation is 2. The fourth-order valence-electron chi connectivity index (χ4n) is 2.48. The van der Waals surface area contributed by atoms with Gasteiger partial charge in [0.1, 0.15) is 11.3 Å². The molecule has 0 atom stereocenters. The van der Waals surface area contributed by atoms with Crippen LogP contribution in [0.25, 0.3) is 0 Å². The maximum atomic E-state index is 11.3. The summed E-state index contributed by atoms with van der Waals surface area (Å²) in [4.78, 5) is 11.3. The maximum absolute atomic E-state index is 11.3. The Labute approximate surface area is 127 Å². The summed E-state index contributed by atoms with van der Waals surface area (Å²) < 4.78 is 5.72. The van der Waals surface area contributed by atoms with Crippen molar-refractivity contribution in [3.8, 4) is 5.75 Å². The molecule has 0 aliphatic heterocycles. The summed E-state index contributed by atoms with van der Waals surface area (Å²) in [6, 6.07) is 6.14. The van der Waals surface area contributed by atoms with Crippen LogP contribution in [0.1, 0.15) is 44.2 Å². The second-order valence-corrected chi connectivity index (χ2v) is 5.55. The van der Waals surface area contributed by atoms with Gasteiger partial charge in [0.25, 0.3) is 0 Å². The SMILES string of the molecule is CCC(CC)(NCCCOc1cc(C)cc(C)c1)C(=O)O. The molecule has 0 radical (unpaired) electrons. The van der Waals surface area contributed by atoms with Crippen LogP contribution in [0.3, 0.4) is 0 Å². The summed E-state index contributed by atoms with van der Waals surface area (Å²) in [5.74, 6) is 0.103. The van der Waals surface area contributed by atoms with E-state index >= 15 is 0 Å². The van der Waals surface area contributed by atoms with Crippen LogP contribution in [-0.4, -0.2) is 29.8 Å². The molecule has 4 heteroatoms. The van der Waals surface area contributed by atoms with Gasteiger partial charge in [0, 0.05) is 0 Å². The molecule has 0 amide bonds. The molecule has 118 valence electrons. The van der Waals surface area contributed by atoms with Gasteiger partial charge < -0.3 is 15.2 Å². The quantitative estimate of drug-likeness (QED) is 0.686. The van der Waals surface area contributed by atoms with E-state index in [0.29, 0.717) is 26.0 Å². The lowest BCUT2D eigenvalue weighted by Crippen LogP contribution is -2.51. The summed E-state index contributed by atoms with van der Waals surface area (Å²) in [6.07, 6.45) is 1.94. The Hall–Kier alpha value is -1.55. The van der Waals surface area contributed by atoms with Crippen molar-refractivity contribution in [3.63, 3.8) is 0 Å². The van der Waals surface area contributed by atoms with Gasteiger partial charge in [-0.2, -0.15) is 0 Å². The second-order valence-electron chi connectivity index (χ2n) is 5.55. The Bertz CT molecular complexity index is 447. The normalized spacial score (nSPS) is 11.4. The smallest absolute Gasteiger partial charge is 0.323 e. The molecule has 0 spiro atoms. The van der Waals surface area contributed by atoms with Crippen LogP contribution in [0.15, 0.2) is 18.2 Å². The number of rotatable bonds is 9. The van der Waals surface area contributed by atoms with Crippen molar-refractivity contribution in [2.75, 3.05) is 13.2 Å². The third-order valence-corrected chi connectivity index (χ3v) is 3.86. The van der Waals surface area contributed by atoms with Gasteiger partial charge >= 0.3 is 5.97 Å². The zero-order chi connectivity index (χ0) is 15.9. The van der Waals surface area contributed by atoms with Gasteiger partial charge in [0.15, 0.2) is 0 Å². The topological polar surface area (TPSA) is 58.6 Å². The molecule has 0 saturated heterocycles. The van der Waals surface area contributed by atoms with E-state index in [1.807, 2.05) is 39.8 Å². The molecule has 4 nitrogen and oxygen atoms in total. The number of carbonyl (C=O) groups is 1. The lowest BCUT2D eigenvalue weighted by atomic mass is 9.93. The van der Waals surface area contributed by atoms with Gasteiger partial charge in [-0.05, 0) is 62.9 Å². The molecule has 0 aliphatic carbocycles. The molecule has 0 unspecified atom stereocenters. The van der Waals surface area contributed by atoms with E-state index in [0.717, 1.165) is 12.2 Å². The largest absolute Gasteiger partial charge is 0.494 e. The minimum Gasteiger partial charge on any atom is -0.494 e. The van der Waals surface area contributed by atoms with E-state index < -0.39 is 11.5 Å². The van der Waals surface area contributed by atoms with Crippen molar-refractivity contribution in [2.45, 2.75) is 52.5 Å². The van der Waals surface area contributed by atoms with E-state index in [9.17, 15) is 9.90 Å². The third-order valence-electron chi connectivity index (χ3n) is 3.86. The molecule has 0 bridgehead atoms. The first-order chi connectivity index (χ1) is 9.93. The molecule has 1 aromatic rings. The first-order valence-electron chi connectivity index (χ1n) is 7.63. The molecule has 2 N–H and O–H groups in total. The van der Waals surface area contributed by atoms with Gasteiger partial charge in [0.2, 0.25) is 0 Å². The second kappa shape index (κ2) is 8.03. The lowest BCUT2D eigenvalue weighted by Gasteiger charge is -2.28. The number of hydrogen-bond donors (Lipinski definition) is 2. The van der Waals surface area contributed by atoms with Gasteiger partial charge in [-0.15, -0.1) is 0 Å². The molecular weight excluding hydrogens is 266 g/mol. The van der Waals surface area contributed by atoms with Gasteiger partial charge in [0.05, 0.1) is 6.61 Å².